The third-order valence-electron chi connectivity index (χ3n) is 3.14. The molecule has 0 radical (unpaired) electrons. The van der Waals surface area contributed by atoms with E-state index in [9.17, 15) is 4.79 Å². The Labute approximate surface area is 107 Å². The van der Waals surface area contributed by atoms with Gasteiger partial charge in [-0.2, -0.15) is 0 Å². The van der Waals surface area contributed by atoms with Crippen molar-refractivity contribution in [1.82, 2.24) is 10.2 Å². The lowest BCUT2D eigenvalue weighted by Gasteiger charge is -2.18. The van der Waals surface area contributed by atoms with Gasteiger partial charge in [-0.15, -0.1) is 11.3 Å². The number of carbonyl (C=O) groups excluding carboxylic acids is 1. The molecule has 0 atom stereocenters. The second kappa shape index (κ2) is 5.76. The van der Waals surface area contributed by atoms with E-state index in [0.29, 0.717) is 6.54 Å². The number of carbonyl (C=O) groups is 1. The van der Waals surface area contributed by atoms with Crippen molar-refractivity contribution in [3.05, 3.63) is 21.4 Å². The number of nitrogens with one attached hydrogen (secondary N) is 1. The van der Waals surface area contributed by atoms with Crippen LogP contribution in [-0.2, 0) is 0 Å². The van der Waals surface area contributed by atoms with Crippen LogP contribution in [0, 0.1) is 13.8 Å². The van der Waals surface area contributed by atoms with Gasteiger partial charge in [0.2, 0.25) is 0 Å². The van der Waals surface area contributed by atoms with Crippen molar-refractivity contribution < 1.29 is 4.79 Å². The normalized spacial score (nSPS) is 18.0. The third kappa shape index (κ3) is 3.37. The number of hydrogen-bond acceptors (Lipinski definition) is 4. The number of rotatable bonds is 3. The second-order valence-electron chi connectivity index (χ2n) is 4.63. The van der Waals surface area contributed by atoms with Gasteiger partial charge in [0, 0.05) is 28.4 Å². The molecule has 0 amide bonds. The Hall–Kier alpha value is -0.710. The number of thiophene rings is 1. The molecule has 0 aromatic carbocycles. The van der Waals surface area contributed by atoms with E-state index < -0.39 is 0 Å². The van der Waals surface area contributed by atoms with Gasteiger partial charge in [-0.1, -0.05) is 0 Å². The van der Waals surface area contributed by atoms with Crippen molar-refractivity contribution >= 4 is 17.1 Å². The fourth-order valence-electron chi connectivity index (χ4n) is 2.26. The van der Waals surface area contributed by atoms with E-state index in [2.05, 4.69) is 17.1 Å². The quantitative estimate of drug-likeness (QED) is 0.833. The van der Waals surface area contributed by atoms with Crippen LogP contribution in [0.4, 0.5) is 0 Å². The van der Waals surface area contributed by atoms with Gasteiger partial charge < -0.3 is 5.32 Å². The Morgan fingerprint density at radius 3 is 2.94 bits per heavy atom. The summed E-state index contributed by atoms with van der Waals surface area (Å²) in [5.41, 5.74) is 0.921. The van der Waals surface area contributed by atoms with Crippen molar-refractivity contribution in [1.29, 1.82) is 0 Å². The predicted octanol–water partition coefficient (Wildman–Crippen LogP) is 1.84. The molecule has 2 rings (SSSR count). The highest BCUT2D eigenvalue weighted by atomic mass is 32.1. The van der Waals surface area contributed by atoms with Crippen molar-refractivity contribution in [3.8, 4) is 0 Å². The van der Waals surface area contributed by atoms with Crippen LogP contribution in [0.15, 0.2) is 6.07 Å². The molecule has 1 N–H and O–H groups in total. The third-order valence-corrected chi connectivity index (χ3v) is 4.11. The second-order valence-corrected chi connectivity index (χ2v) is 6.09. The molecule has 0 bridgehead atoms. The van der Waals surface area contributed by atoms with Crippen LogP contribution >= 0.6 is 11.3 Å². The molecule has 1 fully saturated rings. The molecule has 1 aromatic heterocycles. The Bertz CT molecular complexity index is 392. The predicted molar refractivity (Wildman–Crippen MR) is 72.1 cm³/mol. The summed E-state index contributed by atoms with van der Waals surface area (Å²) in [5, 5.41) is 3.35. The van der Waals surface area contributed by atoms with Crippen molar-refractivity contribution in [2.75, 3.05) is 32.7 Å². The highest BCUT2D eigenvalue weighted by Gasteiger charge is 2.16. The maximum absolute atomic E-state index is 12.2. The summed E-state index contributed by atoms with van der Waals surface area (Å²) in [6.07, 6.45) is 1.13. The smallest absolute Gasteiger partial charge is 0.177 e. The van der Waals surface area contributed by atoms with Crippen LogP contribution in [0.2, 0.25) is 0 Å². The summed E-state index contributed by atoms with van der Waals surface area (Å²) >= 11 is 1.71. The zero-order valence-corrected chi connectivity index (χ0v) is 11.4. The first-order chi connectivity index (χ1) is 8.16. The molecule has 1 aromatic rings. The lowest BCUT2D eigenvalue weighted by molar-refractivity contribution is 0.0935. The van der Waals surface area contributed by atoms with E-state index in [1.807, 2.05) is 13.0 Å². The first-order valence-corrected chi connectivity index (χ1v) is 7.02. The van der Waals surface area contributed by atoms with Crippen molar-refractivity contribution in [2.24, 2.45) is 0 Å². The van der Waals surface area contributed by atoms with E-state index in [4.69, 9.17) is 0 Å². The highest BCUT2D eigenvalue weighted by Crippen LogP contribution is 2.21. The van der Waals surface area contributed by atoms with E-state index in [1.165, 1.54) is 4.88 Å². The molecule has 1 aliphatic rings. The average molecular weight is 252 g/mol. The van der Waals surface area contributed by atoms with Crippen LogP contribution in [0.25, 0.3) is 0 Å². The number of hydrogen-bond donors (Lipinski definition) is 1. The van der Waals surface area contributed by atoms with Crippen LogP contribution in [0.1, 0.15) is 26.5 Å². The van der Waals surface area contributed by atoms with E-state index >= 15 is 0 Å². The molecule has 3 nitrogen and oxygen atoms in total. The minimum absolute atomic E-state index is 0.272. The Balaban J connectivity index is 1.98. The maximum Gasteiger partial charge on any atom is 0.177 e. The summed E-state index contributed by atoms with van der Waals surface area (Å²) in [7, 11) is 0. The van der Waals surface area contributed by atoms with Gasteiger partial charge in [-0.3, -0.25) is 9.69 Å². The molecular formula is C13H20N2OS. The van der Waals surface area contributed by atoms with Crippen LogP contribution in [0.5, 0.6) is 0 Å². The molecular weight excluding hydrogens is 232 g/mol. The minimum Gasteiger partial charge on any atom is -0.315 e. The monoisotopic (exact) mass is 252 g/mol. The van der Waals surface area contributed by atoms with Crippen molar-refractivity contribution in [2.45, 2.75) is 20.3 Å². The SMILES string of the molecule is Cc1cc(C(=O)CN2CCCNCC2)c(C)s1. The van der Waals surface area contributed by atoms with Crippen LogP contribution < -0.4 is 5.32 Å². The molecule has 94 valence electrons. The molecule has 0 spiro atoms. The fourth-order valence-corrected chi connectivity index (χ4v) is 3.20. The number of aryl methyl sites for hydroxylation is 2. The van der Waals surface area contributed by atoms with Gasteiger partial charge in [-0.05, 0) is 39.4 Å². The summed E-state index contributed by atoms with van der Waals surface area (Å²) in [6.45, 7) is 8.74. The Morgan fingerprint density at radius 1 is 1.41 bits per heavy atom. The summed E-state index contributed by atoms with van der Waals surface area (Å²) < 4.78 is 0. The van der Waals surface area contributed by atoms with Crippen LogP contribution in [-0.4, -0.2) is 43.4 Å². The average Bonchev–Trinajstić information content (AvgIpc) is 2.51. The maximum atomic E-state index is 12.2. The summed E-state index contributed by atoms with van der Waals surface area (Å²) in [5.74, 6) is 0.272. The molecule has 4 heteroatoms. The van der Waals surface area contributed by atoms with Gasteiger partial charge >= 0.3 is 0 Å². The minimum atomic E-state index is 0.272. The van der Waals surface area contributed by atoms with Gasteiger partial charge in [0.05, 0.1) is 6.54 Å². The summed E-state index contributed by atoms with van der Waals surface area (Å²) in [6, 6.07) is 2.03. The fraction of sp³-hybridized carbons (Fsp3) is 0.615. The molecule has 0 aliphatic carbocycles. The topological polar surface area (TPSA) is 32.3 Å². The summed E-state index contributed by atoms with van der Waals surface area (Å²) in [4.78, 5) is 16.8. The number of nitrogens with zero attached hydrogens (tertiary/aromatic N) is 1. The van der Waals surface area contributed by atoms with E-state index in [1.54, 1.807) is 11.3 Å². The van der Waals surface area contributed by atoms with Crippen molar-refractivity contribution in [3.63, 3.8) is 0 Å². The first kappa shape index (κ1) is 12.7. The zero-order valence-electron chi connectivity index (χ0n) is 10.6. The lowest BCUT2D eigenvalue weighted by Crippen LogP contribution is -2.33. The van der Waals surface area contributed by atoms with Gasteiger partial charge in [-0.25, -0.2) is 0 Å². The number of Topliss-reactive ketones (excluding diaryl/α,β-unsaturated/α-hetero) is 1. The molecule has 2 heterocycles. The first-order valence-electron chi connectivity index (χ1n) is 6.20. The van der Waals surface area contributed by atoms with E-state index in [-0.39, 0.29) is 5.78 Å². The molecule has 0 saturated carbocycles. The highest BCUT2D eigenvalue weighted by molar-refractivity contribution is 7.12. The zero-order chi connectivity index (χ0) is 12.3. The molecule has 1 aliphatic heterocycles. The molecule has 1 saturated heterocycles. The van der Waals surface area contributed by atoms with Crippen LogP contribution in [0.3, 0.4) is 0 Å². The Kier molecular flexibility index (Phi) is 4.31. The standard InChI is InChI=1S/C13H20N2OS/c1-10-8-12(11(2)17-10)13(16)9-15-6-3-4-14-5-7-15/h8,14H,3-7,9H2,1-2H3. The molecule has 17 heavy (non-hydrogen) atoms. The largest absolute Gasteiger partial charge is 0.315 e. The van der Waals surface area contributed by atoms with Gasteiger partial charge in [0.15, 0.2) is 5.78 Å². The lowest BCUT2D eigenvalue weighted by atomic mass is 10.1. The van der Waals surface area contributed by atoms with Gasteiger partial charge in [0.25, 0.3) is 0 Å². The van der Waals surface area contributed by atoms with Gasteiger partial charge in [0.1, 0.15) is 0 Å². The molecule has 0 unspecified atom stereocenters. The Morgan fingerprint density at radius 2 is 2.24 bits per heavy atom. The van der Waals surface area contributed by atoms with E-state index in [0.717, 1.165) is 43.0 Å². The number of ketones is 1.